The van der Waals surface area contributed by atoms with Crippen molar-refractivity contribution in [3.8, 4) is 5.75 Å². The van der Waals surface area contributed by atoms with Gasteiger partial charge in [-0.2, -0.15) is 4.72 Å². The molecule has 0 saturated carbocycles. The van der Waals surface area contributed by atoms with Gasteiger partial charge in [0, 0.05) is 11.8 Å². The quantitative estimate of drug-likeness (QED) is 0.313. The Morgan fingerprint density at radius 2 is 1.58 bits per heavy atom. The predicted octanol–water partition coefficient (Wildman–Crippen LogP) is 5.03. The third kappa shape index (κ3) is 5.88. The molecule has 36 heavy (non-hydrogen) atoms. The van der Waals surface area contributed by atoms with Crippen molar-refractivity contribution >= 4 is 16.1 Å². The van der Waals surface area contributed by atoms with Crippen LogP contribution in [-0.4, -0.2) is 25.3 Å². The second-order valence-corrected chi connectivity index (χ2v) is 11.0. The van der Waals surface area contributed by atoms with Crippen LogP contribution in [0, 0.1) is 0 Å². The normalized spacial score (nSPS) is 13.6. The lowest BCUT2D eigenvalue weighted by atomic mass is 9.72. The molecular weight excluding hydrogens is 476 g/mol. The van der Waals surface area contributed by atoms with Crippen LogP contribution >= 0.6 is 0 Å². The molecule has 1 unspecified atom stereocenters. The van der Waals surface area contributed by atoms with Crippen molar-refractivity contribution in [2.45, 2.75) is 62.5 Å². The van der Waals surface area contributed by atoms with Gasteiger partial charge in [0.1, 0.15) is 10.6 Å². The van der Waals surface area contributed by atoms with Gasteiger partial charge >= 0.3 is 6.09 Å². The van der Waals surface area contributed by atoms with Crippen LogP contribution < -0.4 is 10.5 Å². The maximum atomic E-state index is 13.8. The summed E-state index contributed by atoms with van der Waals surface area (Å²) in [5.41, 5.74) is 4.61. The molecule has 7 nitrogen and oxygen atoms in total. The molecule has 8 heteroatoms. The first-order chi connectivity index (χ1) is 17.0. The molecule has 0 aliphatic rings. The molecule has 0 heterocycles. The van der Waals surface area contributed by atoms with Gasteiger partial charge in [-0.3, -0.25) is 0 Å². The average molecular weight is 511 g/mol. The number of para-hydroxylation sites is 1. The van der Waals surface area contributed by atoms with E-state index in [-0.39, 0.29) is 17.1 Å². The number of carbonyl (C=O) groups excluding carboxylic acids is 1. The summed E-state index contributed by atoms with van der Waals surface area (Å²) in [5, 5.41) is 10.9. The van der Waals surface area contributed by atoms with Crippen LogP contribution in [0.5, 0.6) is 5.75 Å². The Morgan fingerprint density at radius 1 is 0.972 bits per heavy atom. The zero-order chi connectivity index (χ0) is 26.4. The van der Waals surface area contributed by atoms with Crippen LogP contribution in [0.15, 0.2) is 83.8 Å². The Bertz CT molecular complexity index is 1280. The van der Waals surface area contributed by atoms with Crippen molar-refractivity contribution in [3.63, 3.8) is 0 Å². The summed E-state index contributed by atoms with van der Waals surface area (Å²) in [6.07, 6.45) is 1.10. The maximum Gasteiger partial charge on any atom is 0.406 e. The third-order valence-corrected chi connectivity index (χ3v) is 8.05. The molecule has 0 bridgehead atoms. The monoisotopic (exact) mass is 510 g/mol. The molecular formula is C28H34N2O5S. The molecule has 3 aromatic rings. The zero-order valence-electron chi connectivity index (χ0n) is 20.9. The van der Waals surface area contributed by atoms with Crippen LogP contribution in [0.2, 0.25) is 0 Å². The number of benzene rings is 3. The lowest BCUT2D eigenvalue weighted by Crippen LogP contribution is -2.64. The number of aryl methyl sites for hydroxylation is 1. The first kappa shape index (κ1) is 27.2. The molecule has 0 spiro atoms. The molecule has 1 amide bonds. The Hall–Kier alpha value is -3.36. The number of phenols is 1. The van der Waals surface area contributed by atoms with Gasteiger partial charge in [-0.1, -0.05) is 100.0 Å². The molecule has 0 aliphatic carbocycles. The fourth-order valence-corrected chi connectivity index (χ4v) is 5.89. The number of rotatable bonds is 11. The van der Waals surface area contributed by atoms with Crippen LogP contribution in [-0.2, 0) is 33.0 Å². The summed E-state index contributed by atoms with van der Waals surface area (Å²) in [7, 11) is -4.39. The molecule has 0 fully saturated rings. The number of phenolic OH excluding ortho intramolecular Hbond substituents is 1. The van der Waals surface area contributed by atoms with E-state index >= 15 is 0 Å². The minimum Gasteiger partial charge on any atom is -0.506 e. The molecule has 0 saturated heterocycles. The second-order valence-electron chi connectivity index (χ2n) is 9.37. The lowest BCUT2D eigenvalue weighted by molar-refractivity contribution is -0.0465. The van der Waals surface area contributed by atoms with E-state index in [1.165, 1.54) is 6.07 Å². The molecule has 0 aliphatic heterocycles. The molecule has 0 aromatic heterocycles. The van der Waals surface area contributed by atoms with Gasteiger partial charge < -0.3 is 15.6 Å². The first-order valence-electron chi connectivity index (χ1n) is 11.9. The predicted molar refractivity (Wildman–Crippen MR) is 140 cm³/mol. The largest absolute Gasteiger partial charge is 0.506 e. The minimum atomic E-state index is -4.39. The number of nitrogens with two attached hydrogens (primary N) is 1. The van der Waals surface area contributed by atoms with Crippen LogP contribution in [0.4, 0.5) is 4.79 Å². The van der Waals surface area contributed by atoms with Crippen molar-refractivity contribution in [1.29, 1.82) is 0 Å². The second kappa shape index (κ2) is 11.1. The van der Waals surface area contributed by atoms with E-state index < -0.39 is 27.3 Å². The maximum absolute atomic E-state index is 13.8. The summed E-state index contributed by atoms with van der Waals surface area (Å²) in [6, 6.07) is 22.9. The number of hydrogen-bond acceptors (Lipinski definition) is 5. The number of primary amides is 1. The standard InChI is InChI=1S/C28H34N2O5S/c1-4-5-15-22-16-12-19-24(25(22)31)36(33,34)30-28(35-26(29)32,20-21-13-8-6-9-14-21)27(2,3)23-17-10-7-11-18-23/h6-14,16-19,30-31H,4-5,15,20H2,1-3H3,(H2,29,32). The molecule has 3 aromatic carbocycles. The van der Waals surface area contributed by atoms with Crippen LogP contribution in [0.3, 0.4) is 0 Å². The number of hydrogen-bond donors (Lipinski definition) is 3. The molecule has 0 radical (unpaired) electrons. The SMILES string of the molecule is CCCCc1cccc(S(=O)(=O)NC(Cc2ccccc2)(OC(N)=O)C(C)(C)c2ccccc2)c1O. The highest BCUT2D eigenvalue weighted by molar-refractivity contribution is 7.89. The Balaban J connectivity index is 2.20. The van der Waals surface area contributed by atoms with Gasteiger partial charge in [-0.15, -0.1) is 0 Å². The van der Waals surface area contributed by atoms with Gasteiger partial charge in [0.25, 0.3) is 0 Å². The lowest BCUT2D eigenvalue weighted by Gasteiger charge is -2.46. The highest BCUT2D eigenvalue weighted by Crippen LogP contribution is 2.40. The summed E-state index contributed by atoms with van der Waals surface area (Å²) in [5.74, 6) is -0.316. The van der Waals surface area contributed by atoms with E-state index in [1.807, 2.05) is 67.6 Å². The Morgan fingerprint density at radius 3 is 2.17 bits per heavy atom. The molecule has 3 rings (SSSR count). The van der Waals surface area contributed by atoms with Gasteiger partial charge in [0.15, 0.2) is 5.72 Å². The van der Waals surface area contributed by atoms with Crippen molar-refractivity contribution in [2.75, 3.05) is 0 Å². The number of sulfonamides is 1. The van der Waals surface area contributed by atoms with Crippen molar-refractivity contribution in [2.24, 2.45) is 5.73 Å². The van der Waals surface area contributed by atoms with Gasteiger partial charge in [-0.25, -0.2) is 13.2 Å². The number of carbonyl (C=O) groups is 1. The van der Waals surface area contributed by atoms with Crippen LogP contribution in [0.25, 0.3) is 0 Å². The van der Waals surface area contributed by atoms with Crippen molar-refractivity contribution in [1.82, 2.24) is 4.72 Å². The van der Waals surface area contributed by atoms with Gasteiger partial charge in [-0.05, 0) is 35.6 Å². The fourth-order valence-electron chi connectivity index (χ4n) is 4.34. The summed E-state index contributed by atoms with van der Waals surface area (Å²) < 4.78 is 36.1. The number of aromatic hydroxyl groups is 1. The third-order valence-electron chi connectivity index (χ3n) is 6.55. The van der Waals surface area contributed by atoms with Crippen LogP contribution in [0.1, 0.15) is 50.3 Å². The minimum absolute atomic E-state index is 0.00576. The topological polar surface area (TPSA) is 119 Å². The van der Waals surface area contributed by atoms with E-state index in [2.05, 4.69) is 4.72 Å². The first-order valence-corrected chi connectivity index (χ1v) is 13.4. The van der Waals surface area contributed by atoms with Gasteiger partial charge in [0.2, 0.25) is 10.0 Å². The molecule has 192 valence electrons. The number of ether oxygens (including phenoxy) is 1. The highest BCUT2D eigenvalue weighted by Gasteiger charge is 2.52. The van der Waals surface area contributed by atoms with E-state index in [1.54, 1.807) is 26.0 Å². The number of unbranched alkanes of at least 4 members (excludes halogenated alkanes) is 1. The highest BCUT2D eigenvalue weighted by atomic mass is 32.2. The van der Waals surface area contributed by atoms with E-state index in [9.17, 15) is 18.3 Å². The Labute approximate surface area is 213 Å². The molecule has 4 N–H and O–H groups in total. The van der Waals surface area contributed by atoms with E-state index in [4.69, 9.17) is 10.5 Å². The summed E-state index contributed by atoms with van der Waals surface area (Å²) in [6.45, 7) is 5.59. The van der Waals surface area contributed by atoms with Crippen molar-refractivity contribution < 1.29 is 23.1 Å². The smallest absolute Gasteiger partial charge is 0.406 e. The van der Waals surface area contributed by atoms with Crippen molar-refractivity contribution in [3.05, 3.63) is 95.6 Å². The summed E-state index contributed by atoms with van der Waals surface area (Å²) >= 11 is 0. The Kier molecular flexibility index (Phi) is 8.43. The molecule has 1 atom stereocenters. The fraction of sp³-hybridized carbons (Fsp3) is 0.321. The van der Waals surface area contributed by atoms with E-state index in [0.717, 1.165) is 24.0 Å². The number of nitrogens with one attached hydrogen (secondary N) is 1. The zero-order valence-corrected chi connectivity index (χ0v) is 21.7. The van der Waals surface area contributed by atoms with E-state index in [0.29, 0.717) is 12.0 Å². The average Bonchev–Trinajstić information content (AvgIpc) is 2.83. The number of amides is 1. The summed E-state index contributed by atoms with van der Waals surface area (Å²) in [4.78, 5) is 12.0. The van der Waals surface area contributed by atoms with Gasteiger partial charge in [0.05, 0.1) is 0 Å².